The van der Waals surface area contributed by atoms with Crippen molar-refractivity contribution in [3.8, 4) is 10.7 Å². The van der Waals surface area contributed by atoms with Crippen molar-refractivity contribution < 1.29 is 43.8 Å². The van der Waals surface area contributed by atoms with E-state index in [1.165, 1.54) is 43.4 Å². The first-order chi connectivity index (χ1) is 40.5. The molecule has 30 heteroatoms. The fraction of sp³-hybridized carbons (Fsp3) is 0.545. The maximum atomic E-state index is 14.7. The molecule has 21 N–H and O–H groups in total. The summed E-state index contributed by atoms with van der Waals surface area (Å²) in [5.41, 5.74) is 30.4. The number of nitrogens with zero attached hydrogens (tertiary/aromatic N) is 4. The topological polar surface area (TPSA) is 454 Å². The predicted molar refractivity (Wildman–Crippen MR) is 327 cm³/mol. The number of fused-ring (bicyclic) bond motifs is 1. The first-order valence-corrected chi connectivity index (χ1v) is 30.4. The van der Waals surface area contributed by atoms with E-state index in [1.54, 1.807) is 11.6 Å². The van der Waals surface area contributed by atoms with Crippen molar-refractivity contribution in [1.29, 1.82) is 0 Å². The van der Waals surface area contributed by atoms with E-state index in [4.69, 9.17) is 40.3 Å². The van der Waals surface area contributed by atoms with Crippen LogP contribution in [0.1, 0.15) is 115 Å². The van der Waals surface area contributed by atoms with Gasteiger partial charge < -0.3 is 86.4 Å². The summed E-state index contributed by atoms with van der Waals surface area (Å²) in [5, 5.41) is 49.5. The lowest BCUT2D eigenvalue weighted by Crippen LogP contribution is -2.58. The minimum absolute atomic E-state index is 0.0386. The van der Waals surface area contributed by atoms with Gasteiger partial charge in [-0.1, -0.05) is 50.6 Å². The Morgan fingerprint density at radius 2 is 1.49 bits per heavy atom. The molecule has 85 heavy (non-hydrogen) atoms. The van der Waals surface area contributed by atoms with Gasteiger partial charge in [0.25, 0.3) is 11.8 Å². The fourth-order valence-electron chi connectivity index (χ4n) is 8.93. The quantitative estimate of drug-likeness (QED) is 0.0230. The number of carbonyl (C=O) groups excluding carboxylic acids is 7. The molecule has 0 bridgehead atoms. The number of aromatic nitrogens is 5. The molecule has 0 saturated carbocycles. The number of thiazole rings is 2. The van der Waals surface area contributed by atoms with Gasteiger partial charge >= 0.3 is 0 Å². The van der Waals surface area contributed by atoms with Gasteiger partial charge in [0.1, 0.15) is 50.2 Å². The molecule has 8 atom stereocenters. The van der Waals surface area contributed by atoms with E-state index in [9.17, 15) is 43.8 Å². The van der Waals surface area contributed by atoms with Crippen LogP contribution in [0.4, 0.5) is 5.82 Å². The van der Waals surface area contributed by atoms with Crippen molar-refractivity contribution in [2.45, 2.75) is 128 Å². The number of nitrogens with two attached hydrogens (primary N) is 5. The van der Waals surface area contributed by atoms with Gasteiger partial charge in [0.2, 0.25) is 29.5 Å². The number of carbonyl (C=O) groups is 7. The average molecular weight is 1240 g/mol. The minimum atomic E-state index is -1.56. The van der Waals surface area contributed by atoms with Crippen molar-refractivity contribution in [3.63, 3.8) is 0 Å². The summed E-state index contributed by atoms with van der Waals surface area (Å²) in [4.78, 5) is 114. The normalized spacial score (nSPS) is 14.4. The molecule has 0 unspecified atom stereocenters. The number of nitrogen functional groups attached to an aromatic ring is 1. The van der Waals surface area contributed by atoms with Crippen LogP contribution in [-0.2, 0) is 36.8 Å². The molecule has 0 spiro atoms. The zero-order valence-electron chi connectivity index (χ0n) is 48.6. The number of primary amides is 2. The number of rotatable bonds is 38. The Bertz CT molecular complexity index is 3030. The molecule has 7 amide bonds. The smallest absolute Gasteiger partial charge is 0.271 e. The molecule has 0 radical (unpaired) electrons. The van der Waals surface area contributed by atoms with E-state index in [0.717, 1.165) is 62.8 Å². The number of anilines is 1. The van der Waals surface area contributed by atoms with Crippen LogP contribution < -0.4 is 71.2 Å². The van der Waals surface area contributed by atoms with Crippen LogP contribution in [0.15, 0.2) is 35.8 Å². The standard InChI is InChI=1S/C55H83ClN18O9S2/c1-28(2)22-36(68-52(81)38(23-32-25-66-35-13-7-6-12-33(32)35)69-54(83)42-29(3)47(60)74-49(72-42)37(24-40(59)76)67-26-34(58)48(61)78)45(77)30(4)50(79)73-43(31(5)75)53(82)65-21-14-41-71-44(46(56)85-41)55-70-39(27-84-55)51(80)64-20-11-19-63-17-9-8-16-62-18-10-15-57/h6-7,12-13,25,27-28,30-31,34,36-38,43,45,62-63,66-67,75,77H,8-11,14-24,26,57-58H2,1-5H3,(H2,59,76)(H2,61,78)(H,64,80)(H,65,82)(H,68,81)(H,69,83)(H,73,79)(H2,60,72,74)/t30-,31+,34-,36+,37-,38-,43-,45-/m0/s1. The van der Waals surface area contributed by atoms with Crippen molar-refractivity contribution in [1.82, 2.24) is 67.5 Å². The maximum Gasteiger partial charge on any atom is 0.271 e. The van der Waals surface area contributed by atoms with Crippen LogP contribution in [0, 0.1) is 18.8 Å². The highest BCUT2D eigenvalue weighted by Gasteiger charge is 2.37. The maximum absolute atomic E-state index is 14.7. The van der Waals surface area contributed by atoms with Crippen LogP contribution in [0.25, 0.3) is 21.6 Å². The number of aliphatic hydroxyl groups excluding tert-OH is 2. The molecule has 4 heterocycles. The third-order valence-corrected chi connectivity index (χ3v) is 16.0. The van der Waals surface area contributed by atoms with Crippen LogP contribution in [0.3, 0.4) is 0 Å². The first kappa shape index (κ1) is 69.0. The minimum Gasteiger partial charge on any atom is -0.391 e. The van der Waals surface area contributed by atoms with E-state index in [-0.39, 0.29) is 79.2 Å². The van der Waals surface area contributed by atoms with E-state index < -0.39 is 83.8 Å². The second kappa shape index (κ2) is 34.4. The van der Waals surface area contributed by atoms with E-state index >= 15 is 0 Å². The Balaban J connectivity index is 1.21. The van der Waals surface area contributed by atoms with Gasteiger partial charge in [0.15, 0.2) is 0 Å². The van der Waals surface area contributed by atoms with E-state index in [0.29, 0.717) is 38.7 Å². The van der Waals surface area contributed by atoms with Gasteiger partial charge in [-0.3, -0.25) is 33.6 Å². The molecule has 0 fully saturated rings. The van der Waals surface area contributed by atoms with Crippen LogP contribution in [0.2, 0.25) is 4.34 Å². The number of benzene rings is 1. The van der Waals surface area contributed by atoms with Crippen LogP contribution >= 0.6 is 34.3 Å². The highest BCUT2D eigenvalue weighted by Crippen LogP contribution is 2.35. The molecule has 5 rings (SSSR count). The number of hydrogen-bond acceptors (Lipinski definition) is 21. The molecule has 0 saturated heterocycles. The zero-order chi connectivity index (χ0) is 62.3. The number of aromatic amines is 1. The average Bonchev–Trinajstić information content (AvgIpc) is 3.22. The van der Waals surface area contributed by atoms with Gasteiger partial charge in [0.05, 0.1) is 41.3 Å². The second-order valence-electron chi connectivity index (χ2n) is 21.2. The highest BCUT2D eigenvalue weighted by molar-refractivity contribution is 7.17. The van der Waals surface area contributed by atoms with Gasteiger partial charge in [0, 0.05) is 66.9 Å². The molecule has 0 aliphatic rings. The van der Waals surface area contributed by atoms with Crippen LogP contribution in [-0.4, -0.2) is 165 Å². The number of unbranched alkanes of at least 4 members (excludes halogenated alkanes) is 1. The third-order valence-electron chi connectivity index (χ3n) is 13.8. The number of para-hydroxylation sites is 1. The third kappa shape index (κ3) is 21.3. The summed E-state index contributed by atoms with van der Waals surface area (Å²) < 4.78 is 0.342. The van der Waals surface area contributed by atoms with Gasteiger partial charge in [-0.15, -0.1) is 22.7 Å². The number of halogens is 1. The van der Waals surface area contributed by atoms with E-state index in [2.05, 4.69) is 67.5 Å². The van der Waals surface area contributed by atoms with E-state index in [1.807, 2.05) is 38.1 Å². The molecule has 5 aromatic rings. The van der Waals surface area contributed by atoms with Crippen molar-refractivity contribution in [3.05, 3.63) is 73.5 Å². The summed E-state index contributed by atoms with van der Waals surface area (Å²) in [6.45, 7) is 12.5. The van der Waals surface area contributed by atoms with Gasteiger partial charge in [-0.25, -0.2) is 19.9 Å². The van der Waals surface area contributed by atoms with Gasteiger partial charge in [-0.2, -0.15) is 0 Å². The van der Waals surface area contributed by atoms with Gasteiger partial charge in [-0.05, 0) is 96.2 Å². The first-order valence-electron chi connectivity index (χ1n) is 28.3. The Morgan fingerprint density at radius 3 is 2.16 bits per heavy atom. The molecule has 466 valence electrons. The lowest BCUT2D eigenvalue weighted by atomic mass is 9.90. The summed E-state index contributed by atoms with van der Waals surface area (Å²) in [5.74, 6) is -6.70. The fourth-order valence-corrected chi connectivity index (χ4v) is 11.0. The molecular formula is C55H83ClN18O9S2. The largest absolute Gasteiger partial charge is 0.391 e. The van der Waals surface area contributed by atoms with Crippen molar-refractivity contribution in [2.24, 2.45) is 34.8 Å². The second-order valence-corrected chi connectivity index (χ2v) is 23.7. The number of hydrogen-bond donors (Lipinski definition) is 16. The molecular weight excluding hydrogens is 1160 g/mol. The monoisotopic (exact) mass is 1240 g/mol. The number of H-pyrrole nitrogens is 1. The molecule has 0 aliphatic heterocycles. The number of aliphatic hydroxyl groups is 2. The van der Waals surface area contributed by atoms with Crippen LogP contribution in [0.5, 0.6) is 0 Å². The predicted octanol–water partition coefficient (Wildman–Crippen LogP) is -0.0778. The zero-order valence-corrected chi connectivity index (χ0v) is 51.0. The summed E-state index contributed by atoms with van der Waals surface area (Å²) in [7, 11) is 0. The lowest BCUT2D eigenvalue weighted by molar-refractivity contribution is -0.136. The lowest BCUT2D eigenvalue weighted by Gasteiger charge is -2.32. The number of nitrogens with one attached hydrogen (secondary N) is 9. The Kier molecular flexibility index (Phi) is 27.9. The summed E-state index contributed by atoms with van der Waals surface area (Å²) in [6, 6.07) is 1.22. The Morgan fingerprint density at radius 1 is 0.800 bits per heavy atom. The Hall–Kier alpha value is -6.80. The van der Waals surface area contributed by atoms with Crippen molar-refractivity contribution in [2.75, 3.05) is 58.1 Å². The molecule has 27 nitrogen and oxygen atoms in total. The molecule has 4 aromatic heterocycles. The molecule has 0 aliphatic carbocycles. The Labute approximate surface area is 506 Å². The summed E-state index contributed by atoms with van der Waals surface area (Å²) in [6.07, 6.45) is 2.52. The SMILES string of the molecule is Cc1c(N)nc([C@H](CC(N)=O)NC[C@H](N)C(N)=O)nc1C(=O)N[C@@H](Cc1c[nH]c2ccccc12)C(=O)N[C@H](CC(C)C)[C@@H](O)[C@H](C)C(=O)N[C@H](C(=O)NCCc1nc(-c2nc(C(=O)NCCCNCCCCNCCCN)cs2)c(Cl)s1)[C@@H](C)O. The highest BCUT2D eigenvalue weighted by atomic mass is 35.5. The molecule has 1 aromatic carbocycles. The number of amides is 7. The summed E-state index contributed by atoms with van der Waals surface area (Å²) >= 11 is 8.99. The van der Waals surface area contributed by atoms with Crippen molar-refractivity contribution >= 4 is 92.3 Å².